The number of rotatable bonds is 3. The summed E-state index contributed by atoms with van der Waals surface area (Å²) in [5, 5.41) is 5.78. The van der Waals surface area contributed by atoms with Crippen LogP contribution >= 0.6 is 23.4 Å². The van der Waals surface area contributed by atoms with E-state index < -0.39 is 0 Å². The number of halogens is 1. The highest BCUT2D eigenvalue weighted by atomic mass is 35.5. The Kier molecular flexibility index (Phi) is 5.21. The second kappa shape index (κ2) is 8.51. The summed E-state index contributed by atoms with van der Waals surface area (Å²) in [4.78, 5) is 4.93. The minimum Gasteiger partial charge on any atom is -0.354 e. The first-order chi connectivity index (χ1) is 16.3. The van der Waals surface area contributed by atoms with E-state index in [0.29, 0.717) is 0 Å². The molecule has 160 valence electrons. The van der Waals surface area contributed by atoms with Crippen LogP contribution in [-0.2, 0) is 0 Å². The molecule has 1 atom stereocenters. The van der Waals surface area contributed by atoms with Gasteiger partial charge in [0.05, 0.1) is 16.6 Å². The number of hydrogen-bond acceptors (Lipinski definition) is 2. The summed E-state index contributed by atoms with van der Waals surface area (Å²) in [7, 11) is 0. The molecule has 0 radical (unpaired) electrons. The van der Waals surface area contributed by atoms with Gasteiger partial charge in [-0.2, -0.15) is 0 Å². The van der Waals surface area contributed by atoms with E-state index in [2.05, 4.69) is 107 Å². The Balaban J connectivity index is 1.59. The molecule has 1 unspecified atom stereocenters. The minimum atomic E-state index is 0.109. The SMILES string of the molecule is Clc1ccc(C2=CC(c3c(-c4ccccc4)[nH]c4ccccc34)Sc3ccccc3N2)cc1. The number of anilines is 1. The third kappa shape index (κ3) is 3.84. The summed E-state index contributed by atoms with van der Waals surface area (Å²) in [6.07, 6.45) is 2.34. The highest BCUT2D eigenvalue weighted by Crippen LogP contribution is 2.49. The third-order valence-electron chi connectivity index (χ3n) is 5.98. The zero-order valence-electron chi connectivity index (χ0n) is 17.8. The van der Waals surface area contributed by atoms with Crippen molar-refractivity contribution in [2.75, 3.05) is 5.32 Å². The molecule has 0 aliphatic carbocycles. The molecule has 0 amide bonds. The Labute approximate surface area is 202 Å². The summed E-state index contributed by atoms with van der Waals surface area (Å²) < 4.78 is 0. The first kappa shape index (κ1) is 20.2. The van der Waals surface area contributed by atoms with Crippen molar-refractivity contribution in [1.29, 1.82) is 0 Å². The van der Waals surface area contributed by atoms with Crippen molar-refractivity contribution in [1.82, 2.24) is 4.98 Å². The van der Waals surface area contributed by atoms with Crippen LogP contribution in [-0.4, -0.2) is 4.98 Å². The third-order valence-corrected chi connectivity index (χ3v) is 7.46. The Morgan fingerprint density at radius 1 is 0.697 bits per heavy atom. The molecular weight excluding hydrogens is 444 g/mol. The van der Waals surface area contributed by atoms with Crippen LogP contribution in [0.25, 0.3) is 27.9 Å². The lowest BCUT2D eigenvalue weighted by Crippen LogP contribution is -1.99. The van der Waals surface area contributed by atoms with Gasteiger partial charge in [-0.15, -0.1) is 11.8 Å². The number of nitrogens with one attached hydrogen (secondary N) is 2. The number of fused-ring (bicyclic) bond motifs is 2. The van der Waals surface area contributed by atoms with Crippen LogP contribution in [0, 0.1) is 0 Å². The van der Waals surface area contributed by atoms with Gasteiger partial charge in [-0.25, -0.2) is 0 Å². The number of hydrogen-bond donors (Lipinski definition) is 2. The summed E-state index contributed by atoms with van der Waals surface area (Å²) in [6.45, 7) is 0. The van der Waals surface area contributed by atoms with Gasteiger partial charge in [0.25, 0.3) is 0 Å². The first-order valence-corrected chi connectivity index (χ1v) is 12.2. The standard InChI is InChI=1S/C29H21ClN2S/c30-21-16-14-19(15-17-21)25-18-27(33-26-13-7-6-12-24(26)31-25)28-22-10-4-5-11-23(22)32-29(28)20-8-2-1-3-9-20/h1-18,27,31-32H. The van der Waals surface area contributed by atoms with Crippen molar-refractivity contribution in [3.63, 3.8) is 0 Å². The van der Waals surface area contributed by atoms with Crippen LogP contribution in [0.3, 0.4) is 0 Å². The molecular formula is C29H21ClN2S. The maximum absolute atomic E-state index is 6.18. The van der Waals surface area contributed by atoms with E-state index >= 15 is 0 Å². The molecule has 5 aromatic rings. The van der Waals surface area contributed by atoms with Gasteiger partial charge in [-0.3, -0.25) is 0 Å². The van der Waals surface area contributed by atoms with Gasteiger partial charge in [-0.05, 0) is 47.5 Å². The second-order valence-corrected chi connectivity index (χ2v) is 9.69. The van der Waals surface area contributed by atoms with E-state index in [0.717, 1.165) is 27.5 Å². The normalized spacial score (nSPS) is 15.4. The van der Waals surface area contributed by atoms with E-state index in [1.54, 1.807) is 0 Å². The zero-order valence-corrected chi connectivity index (χ0v) is 19.3. The Morgan fingerprint density at radius 2 is 1.42 bits per heavy atom. The van der Waals surface area contributed by atoms with Gasteiger partial charge in [0, 0.05) is 32.1 Å². The molecule has 33 heavy (non-hydrogen) atoms. The maximum atomic E-state index is 6.18. The number of thioether (sulfide) groups is 1. The fraction of sp³-hybridized carbons (Fsp3) is 0.0345. The summed E-state index contributed by atoms with van der Waals surface area (Å²) in [6, 6.07) is 35.7. The van der Waals surface area contributed by atoms with E-state index in [9.17, 15) is 0 Å². The Hall–Kier alpha value is -3.40. The number of aromatic nitrogens is 1. The smallest absolute Gasteiger partial charge is 0.0575 e. The van der Waals surface area contributed by atoms with Crippen molar-refractivity contribution in [3.05, 3.63) is 125 Å². The fourth-order valence-corrected chi connectivity index (χ4v) is 5.78. The van der Waals surface area contributed by atoms with Crippen LogP contribution in [0.5, 0.6) is 0 Å². The fourth-order valence-electron chi connectivity index (χ4n) is 4.41. The molecule has 0 saturated heterocycles. The van der Waals surface area contributed by atoms with Gasteiger partial charge in [-0.1, -0.05) is 84.4 Å². The van der Waals surface area contributed by atoms with E-state index in [1.165, 1.54) is 27.1 Å². The molecule has 0 saturated carbocycles. The van der Waals surface area contributed by atoms with Gasteiger partial charge in [0.15, 0.2) is 0 Å². The molecule has 6 rings (SSSR count). The molecule has 2 nitrogen and oxygen atoms in total. The summed E-state index contributed by atoms with van der Waals surface area (Å²) in [5.41, 5.74) is 8.12. The van der Waals surface area contributed by atoms with Crippen LogP contribution in [0.15, 0.2) is 114 Å². The highest BCUT2D eigenvalue weighted by Gasteiger charge is 2.25. The van der Waals surface area contributed by atoms with Crippen molar-refractivity contribution in [2.45, 2.75) is 10.1 Å². The highest BCUT2D eigenvalue weighted by molar-refractivity contribution is 8.00. The molecule has 0 spiro atoms. The largest absolute Gasteiger partial charge is 0.354 e. The summed E-state index contributed by atoms with van der Waals surface area (Å²) in [5.74, 6) is 0. The Morgan fingerprint density at radius 3 is 2.27 bits per heavy atom. The zero-order chi connectivity index (χ0) is 22.2. The minimum absolute atomic E-state index is 0.109. The van der Waals surface area contributed by atoms with Crippen LogP contribution in [0.1, 0.15) is 16.4 Å². The van der Waals surface area contributed by atoms with Crippen molar-refractivity contribution in [2.24, 2.45) is 0 Å². The molecule has 0 bridgehead atoms. The number of H-pyrrole nitrogens is 1. The van der Waals surface area contributed by atoms with Gasteiger partial charge < -0.3 is 10.3 Å². The van der Waals surface area contributed by atoms with Crippen LogP contribution < -0.4 is 5.32 Å². The van der Waals surface area contributed by atoms with E-state index in [1.807, 2.05) is 23.9 Å². The monoisotopic (exact) mass is 464 g/mol. The lowest BCUT2D eigenvalue weighted by molar-refractivity contribution is 1.24. The number of para-hydroxylation sites is 2. The summed E-state index contributed by atoms with van der Waals surface area (Å²) >= 11 is 8.06. The predicted octanol–water partition coefficient (Wildman–Crippen LogP) is 8.79. The van der Waals surface area contributed by atoms with Crippen molar-refractivity contribution in [3.8, 4) is 11.3 Å². The van der Waals surface area contributed by atoms with Gasteiger partial charge in [0.2, 0.25) is 0 Å². The lowest BCUT2D eigenvalue weighted by Gasteiger charge is -2.15. The van der Waals surface area contributed by atoms with E-state index in [-0.39, 0.29) is 5.25 Å². The van der Waals surface area contributed by atoms with E-state index in [4.69, 9.17) is 11.6 Å². The molecule has 0 fully saturated rings. The van der Waals surface area contributed by atoms with Gasteiger partial charge in [0.1, 0.15) is 0 Å². The molecule has 1 aliphatic rings. The molecule has 2 heterocycles. The molecule has 2 N–H and O–H groups in total. The predicted molar refractivity (Wildman–Crippen MR) is 142 cm³/mol. The van der Waals surface area contributed by atoms with Crippen molar-refractivity contribution >= 4 is 45.7 Å². The molecule has 1 aromatic heterocycles. The quantitative estimate of drug-likeness (QED) is 0.279. The molecule has 1 aliphatic heterocycles. The lowest BCUT2D eigenvalue weighted by atomic mass is 10.0. The average Bonchev–Trinajstić information content (AvgIpc) is 3.14. The van der Waals surface area contributed by atoms with Crippen LogP contribution in [0.2, 0.25) is 5.02 Å². The maximum Gasteiger partial charge on any atom is 0.0575 e. The van der Waals surface area contributed by atoms with Gasteiger partial charge >= 0.3 is 0 Å². The molecule has 4 heteroatoms. The topological polar surface area (TPSA) is 27.8 Å². The Bertz CT molecular complexity index is 1470. The van der Waals surface area contributed by atoms with Crippen molar-refractivity contribution < 1.29 is 0 Å². The number of aromatic amines is 1. The average molecular weight is 465 g/mol. The molecule has 4 aromatic carbocycles. The second-order valence-electron chi connectivity index (χ2n) is 8.07. The van der Waals surface area contributed by atoms with Crippen LogP contribution in [0.4, 0.5) is 5.69 Å². The number of benzene rings is 4. The first-order valence-electron chi connectivity index (χ1n) is 10.9.